The summed E-state index contributed by atoms with van der Waals surface area (Å²) in [6.07, 6.45) is 0.759. The van der Waals surface area contributed by atoms with Crippen LogP contribution in [-0.4, -0.2) is 49.5 Å². The minimum Gasteiger partial charge on any atom is -0.488 e. The molecular formula is C20H23N3O3. The highest BCUT2D eigenvalue weighted by Gasteiger charge is 2.22. The molecule has 0 radical (unpaired) electrons. The van der Waals surface area contributed by atoms with Gasteiger partial charge in [0.15, 0.2) is 0 Å². The zero-order valence-corrected chi connectivity index (χ0v) is 14.8. The number of carbonyl (C=O) groups is 2. The molecule has 2 N–H and O–H groups in total. The highest BCUT2D eigenvalue weighted by Crippen LogP contribution is 2.27. The summed E-state index contributed by atoms with van der Waals surface area (Å²) in [6, 6.07) is 17.2. The highest BCUT2D eigenvalue weighted by molar-refractivity contribution is 5.92. The monoisotopic (exact) mass is 353 g/mol. The maximum Gasteiger partial charge on any atom is 0.238 e. The number of anilines is 1. The van der Waals surface area contributed by atoms with Gasteiger partial charge in [0.2, 0.25) is 11.8 Å². The lowest BCUT2D eigenvalue weighted by molar-refractivity contribution is -0.123. The van der Waals surface area contributed by atoms with Crippen LogP contribution < -0.4 is 15.4 Å². The Morgan fingerprint density at radius 3 is 2.50 bits per heavy atom. The third kappa shape index (κ3) is 5.07. The number of fused-ring (bicyclic) bond motifs is 1. The van der Waals surface area contributed by atoms with Crippen molar-refractivity contribution in [2.75, 3.05) is 32.0 Å². The van der Waals surface area contributed by atoms with Crippen molar-refractivity contribution in [3.8, 4) is 5.75 Å². The van der Waals surface area contributed by atoms with E-state index in [0.717, 1.165) is 17.9 Å². The molecule has 6 nitrogen and oxygen atoms in total. The van der Waals surface area contributed by atoms with Gasteiger partial charge in [-0.3, -0.25) is 14.5 Å². The van der Waals surface area contributed by atoms with E-state index < -0.39 is 0 Å². The minimum absolute atomic E-state index is 0.0389. The number of carbonyl (C=O) groups excluding carboxylic acids is 2. The number of rotatable bonds is 7. The first-order valence-electron chi connectivity index (χ1n) is 8.65. The number of hydrogen-bond acceptors (Lipinski definition) is 4. The molecule has 0 saturated carbocycles. The third-order valence-electron chi connectivity index (χ3n) is 4.13. The zero-order valence-electron chi connectivity index (χ0n) is 14.8. The molecule has 136 valence electrons. The molecule has 1 aliphatic heterocycles. The van der Waals surface area contributed by atoms with Crippen LogP contribution in [0, 0.1) is 0 Å². The van der Waals surface area contributed by atoms with E-state index in [9.17, 15) is 9.59 Å². The Bertz CT molecular complexity index is 739. The Labute approximate surface area is 153 Å². The topological polar surface area (TPSA) is 70.7 Å². The minimum atomic E-state index is -0.152. The van der Waals surface area contributed by atoms with Crippen LogP contribution in [-0.2, 0) is 16.0 Å². The average molecular weight is 353 g/mol. The Morgan fingerprint density at radius 2 is 1.73 bits per heavy atom. The highest BCUT2D eigenvalue weighted by atomic mass is 16.5. The molecule has 2 aromatic rings. The lowest BCUT2D eigenvalue weighted by Crippen LogP contribution is -2.42. The van der Waals surface area contributed by atoms with E-state index in [1.165, 1.54) is 5.56 Å². The molecule has 3 rings (SSSR count). The van der Waals surface area contributed by atoms with Gasteiger partial charge in [-0.2, -0.15) is 0 Å². The summed E-state index contributed by atoms with van der Waals surface area (Å²) in [7, 11) is 1.74. The predicted molar refractivity (Wildman–Crippen MR) is 100 cm³/mol. The number of benzene rings is 2. The van der Waals surface area contributed by atoms with Gasteiger partial charge in [0.1, 0.15) is 11.9 Å². The molecule has 1 atom stereocenters. The third-order valence-corrected chi connectivity index (χ3v) is 4.13. The second-order valence-corrected chi connectivity index (χ2v) is 6.44. The van der Waals surface area contributed by atoms with E-state index in [-0.39, 0.29) is 31.0 Å². The van der Waals surface area contributed by atoms with Gasteiger partial charge in [0.25, 0.3) is 0 Å². The standard InChI is InChI=1S/C20H23N3O3/c1-23(14-20(25)22-16-8-3-2-4-9-16)13-19(24)21-12-17-11-15-7-5-6-10-18(15)26-17/h2-10,17H,11-14H2,1H3,(H,21,24)(H,22,25). The first kappa shape index (κ1) is 17.9. The molecule has 2 amide bonds. The van der Waals surface area contributed by atoms with E-state index in [1.54, 1.807) is 11.9 Å². The van der Waals surface area contributed by atoms with Gasteiger partial charge in [0, 0.05) is 12.1 Å². The van der Waals surface area contributed by atoms with Crippen molar-refractivity contribution in [2.24, 2.45) is 0 Å². The first-order valence-corrected chi connectivity index (χ1v) is 8.65. The van der Waals surface area contributed by atoms with Crippen LogP contribution in [0.4, 0.5) is 5.69 Å². The Hall–Kier alpha value is -2.86. The molecule has 26 heavy (non-hydrogen) atoms. The SMILES string of the molecule is CN(CC(=O)NCC1Cc2ccccc2O1)CC(=O)Nc1ccccc1. The van der Waals surface area contributed by atoms with Crippen molar-refractivity contribution in [3.05, 3.63) is 60.2 Å². The number of likely N-dealkylation sites (N-methyl/N-ethyl adjacent to an activating group) is 1. The quantitative estimate of drug-likeness (QED) is 0.795. The second-order valence-electron chi connectivity index (χ2n) is 6.44. The Kier molecular flexibility index (Phi) is 5.86. The van der Waals surface area contributed by atoms with Crippen molar-refractivity contribution in [1.29, 1.82) is 0 Å². The molecule has 2 aromatic carbocycles. The van der Waals surface area contributed by atoms with Crippen molar-refractivity contribution >= 4 is 17.5 Å². The largest absolute Gasteiger partial charge is 0.488 e. The zero-order chi connectivity index (χ0) is 18.4. The first-order chi connectivity index (χ1) is 12.6. The van der Waals surface area contributed by atoms with Crippen LogP contribution >= 0.6 is 0 Å². The number of hydrogen-bond donors (Lipinski definition) is 2. The molecule has 6 heteroatoms. The maximum atomic E-state index is 12.1. The molecule has 0 saturated heterocycles. The molecule has 1 heterocycles. The fourth-order valence-electron chi connectivity index (χ4n) is 2.92. The van der Waals surface area contributed by atoms with Gasteiger partial charge in [-0.1, -0.05) is 36.4 Å². The van der Waals surface area contributed by atoms with Crippen molar-refractivity contribution in [1.82, 2.24) is 10.2 Å². The number of nitrogens with zero attached hydrogens (tertiary/aromatic N) is 1. The van der Waals surface area contributed by atoms with E-state index in [0.29, 0.717) is 6.54 Å². The van der Waals surface area contributed by atoms with Gasteiger partial charge in [-0.15, -0.1) is 0 Å². The fourth-order valence-corrected chi connectivity index (χ4v) is 2.92. The number of para-hydroxylation sites is 2. The number of nitrogens with one attached hydrogen (secondary N) is 2. The van der Waals surface area contributed by atoms with Gasteiger partial charge in [-0.25, -0.2) is 0 Å². The molecule has 0 bridgehead atoms. The summed E-state index contributed by atoms with van der Waals surface area (Å²) in [5.74, 6) is 0.613. The fraction of sp³-hybridized carbons (Fsp3) is 0.300. The van der Waals surface area contributed by atoms with E-state index in [4.69, 9.17) is 4.74 Å². The molecule has 0 aliphatic carbocycles. The second kappa shape index (κ2) is 8.49. The van der Waals surface area contributed by atoms with Gasteiger partial charge < -0.3 is 15.4 Å². The molecule has 1 aliphatic rings. The summed E-state index contributed by atoms with van der Waals surface area (Å²) in [4.78, 5) is 25.8. The lowest BCUT2D eigenvalue weighted by Gasteiger charge is -2.17. The Balaban J connectivity index is 1.36. The lowest BCUT2D eigenvalue weighted by atomic mass is 10.1. The Morgan fingerprint density at radius 1 is 1.04 bits per heavy atom. The molecule has 0 fully saturated rings. The van der Waals surface area contributed by atoms with Crippen LogP contribution in [0.1, 0.15) is 5.56 Å². The van der Waals surface area contributed by atoms with Crippen LogP contribution in [0.2, 0.25) is 0 Å². The summed E-state index contributed by atoms with van der Waals surface area (Å²) >= 11 is 0. The van der Waals surface area contributed by atoms with Gasteiger partial charge in [-0.05, 0) is 30.8 Å². The van der Waals surface area contributed by atoms with Crippen molar-refractivity contribution in [2.45, 2.75) is 12.5 Å². The van der Waals surface area contributed by atoms with E-state index >= 15 is 0 Å². The van der Waals surface area contributed by atoms with E-state index in [1.807, 2.05) is 54.6 Å². The normalized spacial score (nSPS) is 15.2. The van der Waals surface area contributed by atoms with Gasteiger partial charge >= 0.3 is 0 Å². The van der Waals surface area contributed by atoms with Crippen LogP contribution in [0.25, 0.3) is 0 Å². The van der Waals surface area contributed by atoms with E-state index in [2.05, 4.69) is 10.6 Å². The smallest absolute Gasteiger partial charge is 0.238 e. The summed E-state index contributed by atoms with van der Waals surface area (Å²) in [5.41, 5.74) is 1.91. The average Bonchev–Trinajstić information content (AvgIpc) is 3.03. The number of amides is 2. The molecule has 0 spiro atoms. The van der Waals surface area contributed by atoms with Gasteiger partial charge in [0.05, 0.1) is 19.6 Å². The van der Waals surface area contributed by atoms with Crippen molar-refractivity contribution < 1.29 is 14.3 Å². The number of ether oxygens (including phenoxy) is 1. The molecule has 0 aromatic heterocycles. The van der Waals surface area contributed by atoms with Crippen LogP contribution in [0.3, 0.4) is 0 Å². The predicted octanol–water partition coefficient (Wildman–Crippen LogP) is 1.68. The summed E-state index contributed by atoms with van der Waals surface area (Å²) in [5, 5.41) is 5.68. The van der Waals surface area contributed by atoms with Crippen molar-refractivity contribution in [3.63, 3.8) is 0 Å². The molecule has 1 unspecified atom stereocenters. The summed E-state index contributed by atoms with van der Waals surface area (Å²) < 4.78 is 5.80. The molecular weight excluding hydrogens is 330 g/mol. The maximum absolute atomic E-state index is 12.1. The van der Waals surface area contributed by atoms with Crippen LogP contribution in [0.5, 0.6) is 5.75 Å². The van der Waals surface area contributed by atoms with Crippen LogP contribution in [0.15, 0.2) is 54.6 Å². The summed E-state index contributed by atoms with van der Waals surface area (Å²) in [6.45, 7) is 0.757.